The first-order valence-corrected chi connectivity index (χ1v) is 9.40. The Hall–Kier alpha value is -1.31. The maximum atomic E-state index is 12.5. The molecule has 130 valence electrons. The molecule has 0 heterocycles. The number of halogens is 1. The van der Waals surface area contributed by atoms with E-state index in [0.717, 1.165) is 15.6 Å². The van der Waals surface area contributed by atoms with Crippen LogP contribution in [-0.2, 0) is 14.6 Å². The minimum Gasteiger partial charge on any atom is -0.480 e. The van der Waals surface area contributed by atoms with Crippen LogP contribution in [0.15, 0.2) is 57.9 Å². The smallest absolute Gasteiger partial charge is 0.322 e. The van der Waals surface area contributed by atoms with Gasteiger partial charge in [0.05, 0.1) is 4.90 Å². The number of carbonyl (C=O) groups is 1. The normalized spacial score (nSPS) is 12.5. The van der Waals surface area contributed by atoms with Gasteiger partial charge >= 0.3 is 5.97 Å². The fourth-order valence-corrected chi connectivity index (χ4v) is 4.46. The van der Waals surface area contributed by atoms with Crippen LogP contribution >= 0.6 is 29.4 Å². The van der Waals surface area contributed by atoms with E-state index in [1.54, 1.807) is 26.0 Å². The lowest BCUT2D eigenvalue weighted by Gasteiger charge is -2.17. The van der Waals surface area contributed by atoms with Crippen molar-refractivity contribution in [3.05, 3.63) is 53.0 Å². The first-order chi connectivity index (χ1) is 10.7. The second-order valence-corrected chi connectivity index (χ2v) is 8.56. The Labute approximate surface area is 157 Å². The van der Waals surface area contributed by atoms with Crippen molar-refractivity contribution in [1.29, 1.82) is 0 Å². The van der Waals surface area contributed by atoms with Gasteiger partial charge in [-0.15, -0.1) is 0 Å². The van der Waals surface area contributed by atoms with Crippen molar-refractivity contribution in [2.24, 2.45) is 5.92 Å². The lowest BCUT2D eigenvalue weighted by Crippen LogP contribution is -2.34. The first kappa shape index (κ1) is 20.7. The van der Waals surface area contributed by atoms with E-state index in [1.807, 2.05) is 24.3 Å². The topological polar surface area (TPSA) is 71.4 Å². The average molecular weight is 431 g/mol. The summed E-state index contributed by atoms with van der Waals surface area (Å²) in [6, 6.07) is 13.9. The molecule has 0 aromatic heterocycles. The minimum absolute atomic E-state index is 0. The molecule has 0 saturated carbocycles. The number of aliphatic carboxylic acids is 1. The Morgan fingerprint density at radius 3 is 1.75 bits per heavy atom. The summed E-state index contributed by atoms with van der Waals surface area (Å²) in [5.41, 5.74) is 1.82. The van der Waals surface area contributed by atoms with E-state index in [2.05, 4.69) is 15.9 Å². The number of rotatable bonds is 5. The zero-order valence-electron chi connectivity index (χ0n) is 13.2. The Balaban J connectivity index is 0.00000288. The van der Waals surface area contributed by atoms with Crippen molar-refractivity contribution < 1.29 is 18.3 Å². The van der Waals surface area contributed by atoms with E-state index in [4.69, 9.17) is 0 Å². The molecule has 2 aromatic carbocycles. The summed E-state index contributed by atoms with van der Waals surface area (Å²) in [5, 5.41) is 7.77. The molecule has 0 saturated heterocycles. The molecule has 0 bridgehead atoms. The lowest BCUT2D eigenvalue weighted by atomic mass is 10.1. The molecule has 2 aromatic rings. The molecule has 7 heteroatoms. The van der Waals surface area contributed by atoms with Gasteiger partial charge in [-0.3, -0.25) is 4.79 Å². The third-order valence-corrected chi connectivity index (χ3v) is 6.42. The molecular weight excluding hydrogens is 412 g/mol. The summed E-state index contributed by atoms with van der Waals surface area (Å²) in [7, 11) is -3.91. The molecule has 2 rings (SSSR count). The van der Waals surface area contributed by atoms with Crippen LogP contribution in [0.4, 0.5) is 0 Å². The van der Waals surface area contributed by atoms with E-state index in [0.29, 0.717) is 0 Å². The molecule has 0 amide bonds. The number of hydrogen-bond acceptors (Lipinski definition) is 3. The number of carboxylic acid groups (broad SMARTS) is 1. The van der Waals surface area contributed by atoms with Gasteiger partial charge in [0, 0.05) is 4.47 Å². The van der Waals surface area contributed by atoms with Gasteiger partial charge in [-0.05, 0) is 41.3 Å². The molecule has 4 nitrogen and oxygen atoms in total. The number of sulfone groups is 1. The zero-order chi connectivity index (χ0) is 17.2. The second kappa shape index (κ2) is 8.18. The predicted molar refractivity (Wildman–Crippen MR) is 103 cm³/mol. The van der Waals surface area contributed by atoms with Crippen molar-refractivity contribution in [2.75, 3.05) is 0 Å². The quantitative estimate of drug-likeness (QED) is 0.774. The van der Waals surface area contributed by atoms with Gasteiger partial charge in [0.2, 0.25) is 0 Å². The molecule has 0 unspecified atom stereocenters. The Morgan fingerprint density at radius 1 is 0.958 bits per heavy atom. The van der Waals surface area contributed by atoms with E-state index >= 15 is 0 Å². The molecule has 1 atom stereocenters. The van der Waals surface area contributed by atoms with Crippen molar-refractivity contribution >= 4 is 45.2 Å². The monoisotopic (exact) mass is 430 g/mol. The van der Waals surface area contributed by atoms with Crippen LogP contribution in [0.1, 0.15) is 13.8 Å². The summed E-state index contributed by atoms with van der Waals surface area (Å²) in [5.74, 6) is -1.83. The van der Waals surface area contributed by atoms with Crippen molar-refractivity contribution in [3.8, 4) is 11.1 Å². The van der Waals surface area contributed by atoms with E-state index < -0.39 is 27.0 Å². The zero-order valence-corrected chi connectivity index (χ0v) is 16.6. The predicted octanol–water partition coefficient (Wildman–Crippen LogP) is 4.11. The highest BCUT2D eigenvalue weighted by Gasteiger charge is 2.36. The average Bonchev–Trinajstić information content (AvgIpc) is 2.47. The standard InChI is InChI=1S/C17H17BrO4S.H2S/c1-11(2)16(17(19)20)23(21,22)15-9-5-13(6-10-15)12-3-7-14(18)8-4-12;/h3-11,16H,1-2H3,(H,19,20);1H2/t16-;/m0./s1. The van der Waals surface area contributed by atoms with Gasteiger partial charge in [0.25, 0.3) is 0 Å². The van der Waals surface area contributed by atoms with Gasteiger partial charge in [-0.2, -0.15) is 13.5 Å². The van der Waals surface area contributed by atoms with E-state index in [1.165, 1.54) is 12.1 Å². The molecule has 0 aliphatic carbocycles. The molecule has 0 aliphatic rings. The van der Waals surface area contributed by atoms with Gasteiger partial charge in [-0.1, -0.05) is 54.0 Å². The molecule has 0 aliphatic heterocycles. The van der Waals surface area contributed by atoms with Crippen LogP contribution in [0.2, 0.25) is 0 Å². The van der Waals surface area contributed by atoms with Crippen molar-refractivity contribution in [1.82, 2.24) is 0 Å². The fraction of sp³-hybridized carbons (Fsp3) is 0.235. The third kappa shape index (κ3) is 4.40. The number of benzene rings is 2. The highest BCUT2D eigenvalue weighted by molar-refractivity contribution is 9.10. The van der Waals surface area contributed by atoms with E-state index in [-0.39, 0.29) is 18.4 Å². The summed E-state index contributed by atoms with van der Waals surface area (Å²) in [6.45, 7) is 3.18. The highest BCUT2D eigenvalue weighted by Crippen LogP contribution is 2.26. The van der Waals surface area contributed by atoms with E-state index in [9.17, 15) is 18.3 Å². The molecule has 0 fully saturated rings. The van der Waals surface area contributed by atoms with Gasteiger partial charge in [0.15, 0.2) is 15.1 Å². The van der Waals surface area contributed by atoms with Crippen LogP contribution in [0.5, 0.6) is 0 Å². The third-order valence-electron chi connectivity index (χ3n) is 3.54. The van der Waals surface area contributed by atoms with Crippen LogP contribution in [-0.4, -0.2) is 24.7 Å². The minimum atomic E-state index is -3.91. The highest BCUT2D eigenvalue weighted by atomic mass is 79.9. The van der Waals surface area contributed by atoms with Gasteiger partial charge in [-0.25, -0.2) is 8.42 Å². The second-order valence-electron chi connectivity index (χ2n) is 5.58. The van der Waals surface area contributed by atoms with Crippen LogP contribution in [0.3, 0.4) is 0 Å². The molecule has 1 N–H and O–H groups in total. The molecular formula is C17H19BrO4S2. The van der Waals surface area contributed by atoms with Gasteiger partial charge < -0.3 is 5.11 Å². The first-order valence-electron chi connectivity index (χ1n) is 7.06. The fourth-order valence-electron chi connectivity index (χ4n) is 2.40. The lowest BCUT2D eigenvalue weighted by molar-refractivity contribution is -0.137. The summed E-state index contributed by atoms with van der Waals surface area (Å²) >= 11 is 3.36. The summed E-state index contributed by atoms with van der Waals surface area (Å²) < 4.78 is 26.0. The van der Waals surface area contributed by atoms with Crippen LogP contribution in [0.25, 0.3) is 11.1 Å². The largest absolute Gasteiger partial charge is 0.480 e. The van der Waals surface area contributed by atoms with Crippen molar-refractivity contribution in [2.45, 2.75) is 24.0 Å². The molecule has 0 radical (unpaired) electrons. The molecule has 0 spiro atoms. The van der Waals surface area contributed by atoms with Gasteiger partial charge in [0.1, 0.15) is 0 Å². The van der Waals surface area contributed by atoms with Crippen molar-refractivity contribution in [3.63, 3.8) is 0 Å². The Bertz CT molecular complexity index is 797. The maximum absolute atomic E-state index is 12.5. The molecule has 24 heavy (non-hydrogen) atoms. The Morgan fingerprint density at radius 2 is 1.38 bits per heavy atom. The SMILES string of the molecule is CC(C)[C@@H](C(=O)O)S(=O)(=O)c1ccc(-c2ccc(Br)cc2)cc1.S. The summed E-state index contributed by atoms with van der Waals surface area (Å²) in [4.78, 5) is 11.3. The maximum Gasteiger partial charge on any atom is 0.322 e. The van der Waals surface area contributed by atoms with Crippen LogP contribution in [0, 0.1) is 5.92 Å². The summed E-state index contributed by atoms with van der Waals surface area (Å²) in [6.07, 6.45) is 0. The van der Waals surface area contributed by atoms with Crippen LogP contribution < -0.4 is 0 Å². The number of carboxylic acids is 1. The Kier molecular flexibility index (Phi) is 7.07. The number of hydrogen-bond donors (Lipinski definition) is 1.